The number of carbonyl (C=O) groups is 1. The molecule has 0 bridgehead atoms. The summed E-state index contributed by atoms with van der Waals surface area (Å²) in [5, 5.41) is 0. The van der Waals surface area contributed by atoms with Crippen LogP contribution in [0.25, 0.3) is 0 Å². The van der Waals surface area contributed by atoms with Gasteiger partial charge in [0, 0.05) is 13.0 Å². The van der Waals surface area contributed by atoms with Crippen LogP contribution < -0.4 is 0 Å². The average Bonchev–Trinajstić information content (AvgIpc) is 2.39. The van der Waals surface area contributed by atoms with Crippen molar-refractivity contribution >= 4 is 5.91 Å². The fourth-order valence-electron chi connectivity index (χ4n) is 0.862. The zero-order chi connectivity index (χ0) is 7.98. The Labute approximate surface area is 62.5 Å². The van der Waals surface area contributed by atoms with Gasteiger partial charge in [0.1, 0.15) is 0 Å². The zero-order valence-electron chi connectivity index (χ0n) is 6.76. The number of rotatable bonds is 1. The van der Waals surface area contributed by atoms with Crippen molar-refractivity contribution in [2.45, 2.75) is 26.7 Å². The SMILES string of the molecule is C=CN1CCCC1=O.CC. The molecule has 1 amide bonds. The second-order valence-corrected chi connectivity index (χ2v) is 1.87. The largest absolute Gasteiger partial charge is 0.320 e. The first kappa shape index (κ1) is 9.21. The van der Waals surface area contributed by atoms with Gasteiger partial charge in [0.2, 0.25) is 5.91 Å². The zero-order valence-corrected chi connectivity index (χ0v) is 6.76. The van der Waals surface area contributed by atoms with Gasteiger partial charge in [0.15, 0.2) is 0 Å². The van der Waals surface area contributed by atoms with Crippen molar-refractivity contribution in [2.24, 2.45) is 0 Å². The van der Waals surface area contributed by atoms with Crippen LogP contribution in [0.2, 0.25) is 0 Å². The summed E-state index contributed by atoms with van der Waals surface area (Å²) in [4.78, 5) is 12.3. The lowest BCUT2D eigenvalue weighted by atomic mass is 10.4. The summed E-state index contributed by atoms with van der Waals surface area (Å²) < 4.78 is 0. The Morgan fingerprint density at radius 3 is 2.40 bits per heavy atom. The molecule has 1 aliphatic heterocycles. The lowest BCUT2D eigenvalue weighted by Gasteiger charge is -2.05. The Bertz CT molecular complexity index is 120. The van der Waals surface area contributed by atoms with E-state index in [1.54, 1.807) is 11.1 Å². The van der Waals surface area contributed by atoms with Crippen molar-refractivity contribution in [3.8, 4) is 0 Å². The predicted octanol–water partition coefficient (Wildman–Crippen LogP) is 1.78. The molecule has 10 heavy (non-hydrogen) atoms. The summed E-state index contributed by atoms with van der Waals surface area (Å²) in [6.07, 6.45) is 3.28. The Balaban J connectivity index is 0.000000371. The van der Waals surface area contributed by atoms with Crippen molar-refractivity contribution in [3.63, 3.8) is 0 Å². The minimum Gasteiger partial charge on any atom is -0.320 e. The van der Waals surface area contributed by atoms with Crippen LogP contribution in [-0.4, -0.2) is 17.4 Å². The molecule has 0 N–H and O–H groups in total. The molecule has 2 heteroatoms. The van der Waals surface area contributed by atoms with E-state index in [1.165, 1.54) is 0 Å². The molecule has 0 aromatic rings. The minimum atomic E-state index is 0.208. The summed E-state index contributed by atoms with van der Waals surface area (Å²) in [7, 11) is 0. The molecule has 0 aromatic carbocycles. The summed E-state index contributed by atoms with van der Waals surface area (Å²) in [5.41, 5.74) is 0. The van der Waals surface area contributed by atoms with Crippen LogP contribution in [0.3, 0.4) is 0 Å². The van der Waals surface area contributed by atoms with Crippen LogP contribution >= 0.6 is 0 Å². The van der Waals surface area contributed by atoms with E-state index in [-0.39, 0.29) is 5.91 Å². The highest BCUT2D eigenvalue weighted by Crippen LogP contribution is 2.08. The Morgan fingerprint density at radius 2 is 2.20 bits per heavy atom. The van der Waals surface area contributed by atoms with Crippen molar-refractivity contribution in [1.82, 2.24) is 4.90 Å². The minimum absolute atomic E-state index is 0.208. The Kier molecular flexibility index (Phi) is 4.63. The van der Waals surface area contributed by atoms with Crippen molar-refractivity contribution in [1.29, 1.82) is 0 Å². The van der Waals surface area contributed by atoms with Crippen LogP contribution in [0, 0.1) is 0 Å². The highest BCUT2D eigenvalue weighted by atomic mass is 16.2. The van der Waals surface area contributed by atoms with Crippen LogP contribution in [0.5, 0.6) is 0 Å². The molecule has 0 unspecified atom stereocenters. The number of nitrogens with zero attached hydrogens (tertiary/aromatic N) is 1. The topological polar surface area (TPSA) is 20.3 Å². The maximum absolute atomic E-state index is 10.7. The summed E-state index contributed by atoms with van der Waals surface area (Å²) in [6.45, 7) is 8.36. The molecule has 0 radical (unpaired) electrons. The molecule has 0 aliphatic carbocycles. The molecule has 1 saturated heterocycles. The third kappa shape index (κ3) is 2.21. The number of amides is 1. The fourth-order valence-corrected chi connectivity index (χ4v) is 0.862. The van der Waals surface area contributed by atoms with Gasteiger partial charge in [-0.3, -0.25) is 4.79 Å². The second kappa shape index (κ2) is 5.03. The molecule has 0 aromatic heterocycles. The molecule has 1 aliphatic rings. The highest BCUT2D eigenvalue weighted by molar-refractivity contribution is 5.78. The maximum Gasteiger partial charge on any atom is 0.226 e. The molecule has 0 saturated carbocycles. The monoisotopic (exact) mass is 141 g/mol. The highest BCUT2D eigenvalue weighted by Gasteiger charge is 2.15. The number of hydrogen-bond donors (Lipinski definition) is 0. The molecule has 58 valence electrons. The van der Waals surface area contributed by atoms with Crippen molar-refractivity contribution in [2.75, 3.05) is 6.54 Å². The van der Waals surface area contributed by atoms with E-state index in [4.69, 9.17) is 0 Å². The lowest BCUT2D eigenvalue weighted by Crippen LogP contribution is -2.16. The summed E-state index contributed by atoms with van der Waals surface area (Å²) >= 11 is 0. The van der Waals surface area contributed by atoms with Gasteiger partial charge < -0.3 is 4.90 Å². The maximum atomic E-state index is 10.7. The normalized spacial score (nSPS) is 16.2. The van der Waals surface area contributed by atoms with E-state index in [0.29, 0.717) is 6.42 Å². The number of likely N-dealkylation sites (tertiary alicyclic amines) is 1. The summed E-state index contributed by atoms with van der Waals surface area (Å²) in [5.74, 6) is 0.208. The summed E-state index contributed by atoms with van der Waals surface area (Å²) in [6, 6.07) is 0. The van der Waals surface area contributed by atoms with Gasteiger partial charge in [0.05, 0.1) is 0 Å². The van der Waals surface area contributed by atoms with E-state index >= 15 is 0 Å². The molecule has 1 heterocycles. The molecular weight excluding hydrogens is 126 g/mol. The molecule has 1 rings (SSSR count). The molecule has 0 atom stereocenters. The molecule has 0 spiro atoms. The third-order valence-electron chi connectivity index (χ3n) is 1.33. The van der Waals surface area contributed by atoms with Gasteiger partial charge in [-0.2, -0.15) is 0 Å². The van der Waals surface area contributed by atoms with E-state index in [0.717, 1.165) is 13.0 Å². The first-order valence-corrected chi connectivity index (χ1v) is 3.76. The second-order valence-electron chi connectivity index (χ2n) is 1.87. The van der Waals surface area contributed by atoms with E-state index in [9.17, 15) is 4.79 Å². The van der Waals surface area contributed by atoms with Gasteiger partial charge in [0.25, 0.3) is 0 Å². The van der Waals surface area contributed by atoms with E-state index in [1.807, 2.05) is 13.8 Å². The number of hydrogen-bond acceptors (Lipinski definition) is 1. The molecule has 2 nitrogen and oxygen atoms in total. The van der Waals surface area contributed by atoms with Crippen LogP contribution in [-0.2, 0) is 4.79 Å². The predicted molar refractivity (Wildman–Crippen MR) is 42.5 cm³/mol. The first-order chi connectivity index (χ1) is 4.84. The third-order valence-corrected chi connectivity index (χ3v) is 1.33. The van der Waals surface area contributed by atoms with Crippen LogP contribution in [0.1, 0.15) is 26.7 Å². The van der Waals surface area contributed by atoms with Crippen molar-refractivity contribution in [3.05, 3.63) is 12.8 Å². The van der Waals surface area contributed by atoms with Crippen LogP contribution in [0.15, 0.2) is 12.8 Å². The van der Waals surface area contributed by atoms with Gasteiger partial charge in [-0.25, -0.2) is 0 Å². The van der Waals surface area contributed by atoms with E-state index < -0.39 is 0 Å². The van der Waals surface area contributed by atoms with Crippen LogP contribution in [0.4, 0.5) is 0 Å². The van der Waals surface area contributed by atoms with Gasteiger partial charge >= 0.3 is 0 Å². The van der Waals surface area contributed by atoms with Gasteiger partial charge in [-0.1, -0.05) is 20.4 Å². The fraction of sp³-hybridized carbons (Fsp3) is 0.625. The Morgan fingerprint density at radius 1 is 1.60 bits per heavy atom. The average molecular weight is 141 g/mol. The number of carbonyl (C=O) groups excluding carboxylic acids is 1. The Hall–Kier alpha value is -0.790. The molecular formula is C8H15NO. The van der Waals surface area contributed by atoms with E-state index in [2.05, 4.69) is 6.58 Å². The van der Waals surface area contributed by atoms with Gasteiger partial charge in [-0.15, -0.1) is 0 Å². The quantitative estimate of drug-likeness (QED) is 0.545. The van der Waals surface area contributed by atoms with Gasteiger partial charge in [-0.05, 0) is 12.6 Å². The molecule has 1 fully saturated rings. The smallest absolute Gasteiger partial charge is 0.226 e. The first-order valence-electron chi connectivity index (χ1n) is 3.76. The lowest BCUT2D eigenvalue weighted by molar-refractivity contribution is -0.125. The van der Waals surface area contributed by atoms with Crippen molar-refractivity contribution < 1.29 is 4.79 Å². The standard InChI is InChI=1S/C6H9NO.C2H6/c1-2-7-5-3-4-6(7)8;1-2/h2H,1,3-5H2;1-2H3.